The molecule has 3 rings (SSSR count). The van der Waals surface area contributed by atoms with E-state index in [1.807, 2.05) is 24.3 Å². The molecule has 6 nitrogen and oxygen atoms in total. The van der Waals surface area contributed by atoms with Crippen LogP contribution in [0.1, 0.15) is 33.3 Å². The molecule has 2 aromatic heterocycles. The molecule has 0 saturated heterocycles. The number of hydrogen-bond acceptors (Lipinski definition) is 6. The zero-order valence-electron chi connectivity index (χ0n) is 13.5. The van der Waals surface area contributed by atoms with Crippen LogP contribution in [0.5, 0.6) is 0 Å². The Labute approximate surface area is 143 Å². The maximum absolute atomic E-state index is 12.6. The molecule has 2 heterocycles. The molecular weight excluding hydrogens is 326 g/mol. The van der Waals surface area contributed by atoms with Crippen LogP contribution in [0.3, 0.4) is 0 Å². The molecule has 0 saturated carbocycles. The van der Waals surface area contributed by atoms with Crippen molar-refractivity contribution in [3.63, 3.8) is 0 Å². The van der Waals surface area contributed by atoms with Gasteiger partial charge in [0.2, 0.25) is 5.78 Å². The Kier molecular flexibility index (Phi) is 4.35. The zero-order valence-corrected chi connectivity index (χ0v) is 14.4. The standard InChI is InChI=1S/C17H17N3O3S/c1-9-14(16(18-3)24-20-9)17(22)23-10(2)15(21)12-8-19-13-7-5-4-6-11(12)13/h4-8,10,18-19H,1-3H3. The Morgan fingerprint density at radius 2 is 2.08 bits per heavy atom. The third-order valence-electron chi connectivity index (χ3n) is 3.80. The number of fused-ring (bicyclic) bond motifs is 1. The third-order valence-corrected chi connectivity index (χ3v) is 4.76. The minimum atomic E-state index is -0.888. The number of carbonyl (C=O) groups excluding carboxylic acids is 2. The van der Waals surface area contributed by atoms with Gasteiger partial charge < -0.3 is 15.0 Å². The monoisotopic (exact) mass is 343 g/mol. The first-order valence-electron chi connectivity index (χ1n) is 7.48. The number of rotatable bonds is 5. The molecule has 0 bridgehead atoms. The first-order chi connectivity index (χ1) is 11.5. The molecule has 0 aliphatic rings. The quantitative estimate of drug-likeness (QED) is 0.548. The minimum Gasteiger partial charge on any atom is -0.451 e. The number of nitrogens with one attached hydrogen (secondary N) is 2. The topological polar surface area (TPSA) is 84.1 Å². The molecule has 0 aliphatic carbocycles. The van der Waals surface area contributed by atoms with Crippen molar-refractivity contribution < 1.29 is 14.3 Å². The summed E-state index contributed by atoms with van der Waals surface area (Å²) in [5.74, 6) is -0.793. The van der Waals surface area contributed by atoms with Gasteiger partial charge >= 0.3 is 5.97 Å². The summed E-state index contributed by atoms with van der Waals surface area (Å²) >= 11 is 1.19. The van der Waals surface area contributed by atoms with Crippen LogP contribution in [0.4, 0.5) is 5.00 Å². The van der Waals surface area contributed by atoms with E-state index in [4.69, 9.17) is 4.74 Å². The second kappa shape index (κ2) is 6.45. The fourth-order valence-electron chi connectivity index (χ4n) is 2.55. The van der Waals surface area contributed by atoms with E-state index in [1.54, 1.807) is 27.1 Å². The summed E-state index contributed by atoms with van der Waals surface area (Å²) in [6.45, 7) is 3.32. The zero-order chi connectivity index (χ0) is 17.3. The van der Waals surface area contributed by atoms with Gasteiger partial charge in [-0.25, -0.2) is 4.79 Å². The predicted molar refractivity (Wildman–Crippen MR) is 93.9 cm³/mol. The number of benzene rings is 1. The molecule has 0 fully saturated rings. The van der Waals surface area contributed by atoms with Gasteiger partial charge in [0.15, 0.2) is 6.10 Å². The summed E-state index contributed by atoms with van der Waals surface area (Å²) in [5.41, 5.74) is 2.34. The molecule has 0 radical (unpaired) electrons. The number of ketones is 1. The van der Waals surface area contributed by atoms with Crippen molar-refractivity contribution >= 4 is 39.2 Å². The molecule has 1 unspecified atom stereocenters. The summed E-state index contributed by atoms with van der Waals surface area (Å²) in [7, 11) is 1.71. The van der Waals surface area contributed by atoms with Gasteiger partial charge in [0.05, 0.1) is 5.69 Å². The molecule has 0 aliphatic heterocycles. The van der Waals surface area contributed by atoms with Crippen LogP contribution >= 0.6 is 11.5 Å². The first-order valence-corrected chi connectivity index (χ1v) is 8.25. The van der Waals surface area contributed by atoms with Gasteiger partial charge in [-0.2, -0.15) is 4.37 Å². The highest BCUT2D eigenvalue weighted by Crippen LogP contribution is 2.26. The predicted octanol–water partition coefficient (Wildman–Crippen LogP) is 3.40. The molecule has 24 heavy (non-hydrogen) atoms. The Morgan fingerprint density at radius 1 is 1.33 bits per heavy atom. The van der Waals surface area contributed by atoms with E-state index < -0.39 is 12.1 Å². The van der Waals surface area contributed by atoms with Crippen molar-refractivity contribution in [2.45, 2.75) is 20.0 Å². The summed E-state index contributed by atoms with van der Waals surface area (Å²) < 4.78 is 9.52. The molecule has 0 spiro atoms. The van der Waals surface area contributed by atoms with Crippen molar-refractivity contribution in [3.8, 4) is 0 Å². The first kappa shape index (κ1) is 16.2. The van der Waals surface area contributed by atoms with E-state index in [0.717, 1.165) is 10.9 Å². The molecular formula is C17H17N3O3S. The molecule has 1 aromatic carbocycles. The number of hydrogen-bond donors (Lipinski definition) is 2. The maximum Gasteiger partial charge on any atom is 0.343 e. The number of para-hydroxylation sites is 1. The van der Waals surface area contributed by atoms with Crippen molar-refractivity contribution in [1.29, 1.82) is 0 Å². The fourth-order valence-corrected chi connectivity index (χ4v) is 3.28. The number of anilines is 1. The SMILES string of the molecule is CNc1snc(C)c1C(=O)OC(C)C(=O)c1c[nH]c2ccccc12. The van der Waals surface area contributed by atoms with Gasteiger partial charge in [-0.1, -0.05) is 18.2 Å². The second-order valence-corrected chi connectivity index (χ2v) is 6.16. The van der Waals surface area contributed by atoms with E-state index in [2.05, 4.69) is 14.7 Å². The summed E-state index contributed by atoms with van der Waals surface area (Å²) in [4.78, 5) is 28.1. The molecule has 2 N–H and O–H groups in total. The van der Waals surface area contributed by atoms with Crippen LogP contribution in [0.15, 0.2) is 30.5 Å². The van der Waals surface area contributed by atoms with Gasteiger partial charge in [-0.15, -0.1) is 0 Å². The number of nitrogens with zero attached hydrogens (tertiary/aromatic N) is 1. The van der Waals surface area contributed by atoms with Gasteiger partial charge in [-0.05, 0) is 31.4 Å². The number of ether oxygens (including phenoxy) is 1. The molecule has 7 heteroatoms. The van der Waals surface area contributed by atoms with Crippen LogP contribution in [0, 0.1) is 6.92 Å². The Balaban J connectivity index is 1.81. The minimum absolute atomic E-state index is 0.243. The highest BCUT2D eigenvalue weighted by atomic mass is 32.1. The molecule has 124 valence electrons. The number of aryl methyl sites for hydroxylation is 1. The van der Waals surface area contributed by atoms with E-state index in [9.17, 15) is 9.59 Å². The largest absolute Gasteiger partial charge is 0.451 e. The lowest BCUT2D eigenvalue weighted by Crippen LogP contribution is -2.24. The van der Waals surface area contributed by atoms with Crippen LogP contribution in [-0.2, 0) is 4.74 Å². The van der Waals surface area contributed by atoms with Gasteiger partial charge in [0, 0.05) is 29.7 Å². The lowest BCUT2D eigenvalue weighted by Gasteiger charge is -2.12. The Hall–Kier alpha value is -2.67. The second-order valence-electron chi connectivity index (χ2n) is 5.38. The third kappa shape index (κ3) is 2.78. The lowest BCUT2D eigenvalue weighted by molar-refractivity contribution is 0.0320. The molecule has 0 amide bonds. The van der Waals surface area contributed by atoms with Crippen molar-refractivity contribution in [2.24, 2.45) is 0 Å². The normalized spacial score (nSPS) is 12.1. The van der Waals surface area contributed by atoms with Crippen molar-refractivity contribution in [3.05, 3.63) is 47.3 Å². The fraction of sp³-hybridized carbons (Fsp3) is 0.235. The number of aromatic nitrogens is 2. The number of carbonyl (C=O) groups is 2. The smallest absolute Gasteiger partial charge is 0.343 e. The van der Waals surface area contributed by atoms with Crippen LogP contribution in [-0.4, -0.2) is 34.3 Å². The average Bonchev–Trinajstić information content (AvgIpc) is 3.17. The number of Topliss-reactive ketones (excluding diaryl/α,β-unsaturated/α-hetero) is 1. The van der Waals surface area contributed by atoms with E-state index in [0.29, 0.717) is 21.8 Å². The van der Waals surface area contributed by atoms with Crippen LogP contribution in [0.2, 0.25) is 0 Å². The molecule has 1 atom stereocenters. The van der Waals surface area contributed by atoms with Crippen molar-refractivity contribution in [2.75, 3.05) is 12.4 Å². The summed E-state index contributed by atoms with van der Waals surface area (Å²) in [6, 6.07) is 7.51. The van der Waals surface area contributed by atoms with Gasteiger partial charge in [-0.3, -0.25) is 4.79 Å². The Morgan fingerprint density at radius 3 is 2.83 bits per heavy atom. The highest BCUT2D eigenvalue weighted by Gasteiger charge is 2.26. The van der Waals surface area contributed by atoms with E-state index >= 15 is 0 Å². The average molecular weight is 343 g/mol. The van der Waals surface area contributed by atoms with Crippen LogP contribution < -0.4 is 5.32 Å². The summed E-state index contributed by atoms with van der Waals surface area (Å²) in [5, 5.41) is 4.36. The number of aromatic amines is 1. The lowest BCUT2D eigenvalue weighted by atomic mass is 10.1. The van der Waals surface area contributed by atoms with E-state index in [-0.39, 0.29) is 5.78 Å². The summed E-state index contributed by atoms with van der Waals surface area (Å²) in [6.07, 6.45) is 0.758. The van der Waals surface area contributed by atoms with Crippen molar-refractivity contribution in [1.82, 2.24) is 9.36 Å². The Bertz CT molecular complexity index is 913. The van der Waals surface area contributed by atoms with Gasteiger partial charge in [0.1, 0.15) is 10.6 Å². The van der Waals surface area contributed by atoms with Crippen LogP contribution in [0.25, 0.3) is 10.9 Å². The molecule has 3 aromatic rings. The van der Waals surface area contributed by atoms with E-state index in [1.165, 1.54) is 11.5 Å². The maximum atomic E-state index is 12.6. The number of esters is 1. The number of H-pyrrole nitrogens is 1. The highest BCUT2D eigenvalue weighted by molar-refractivity contribution is 7.10. The van der Waals surface area contributed by atoms with Gasteiger partial charge in [0.25, 0.3) is 0 Å².